The van der Waals surface area contributed by atoms with Gasteiger partial charge in [0.25, 0.3) is 5.91 Å². The highest BCUT2D eigenvalue weighted by Crippen LogP contribution is 2.21. The van der Waals surface area contributed by atoms with Crippen LogP contribution in [-0.4, -0.2) is 36.2 Å². The number of anilines is 1. The van der Waals surface area contributed by atoms with E-state index in [4.69, 9.17) is 16.3 Å². The van der Waals surface area contributed by atoms with Crippen molar-refractivity contribution < 1.29 is 9.53 Å². The van der Waals surface area contributed by atoms with Crippen molar-refractivity contribution in [1.82, 2.24) is 10.3 Å². The van der Waals surface area contributed by atoms with Gasteiger partial charge in [0.15, 0.2) is 0 Å². The Balaban J connectivity index is 2.09. The van der Waals surface area contributed by atoms with Gasteiger partial charge in [-0.05, 0) is 38.3 Å². The molecule has 1 aromatic heterocycles. The average molecular weight is 312 g/mol. The van der Waals surface area contributed by atoms with Crippen molar-refractivity contribution in [2.24, 2.45) is 0 Å². The van der Waals surface area contributed by atoms with E-state index in [-0.39, 0.29) is 11.4 Å². The van der Waals surface area contributed by atoms with E-state index < -0.39 is 0 Å². The summed E-state index contributed by atoms with van der Waals surface area (Å²) in [6.07, 6.45) is 2.62. The third kappa shape index (κ3) is 4.58. The second-order valence-corrected chi connectivity index (χ2v) is 6.00. The van der Waals surface area contributed by atoms with Crippen LogP contribution in [0.15, 0.2) is 12.1 Å². The van der Waals surface area contributed by atoms with Gasteiger partial charge >= 0.3 is 0 Å². The second kappa shape index (κ2) is 7.09. The van der Waals surface area contributed by atoms with E-state index in [1.807, 2.05) is 6.92 Å². The van der Waals surface area contributed by atoms with E-state index in [0.29, 0.717) is 29.7 Å². The molecule has 2 heterocycles. The van der Waals surface area contributed by atoms with E-state index in [0.717, 1.165) is 25.8 Å². The Kier molecular flexibility index (Phi) is 5.42. The molecule has 5 nitrogen and oxygen atoms in total. The van der Waals surface area contributed by atoms with Crippen LogP contribution in [0, 0.1) is 0 Å². The minimum Gasteiger partial charge on any atom is -0.381 e. The van der Waals surface area contributed by atoms with E-state index in [9.17, 15) is 4.79 Å². The monoisotopic (exact) mass is 311 g/mol. The Hall–Kier alpha value is -1.33. The molecule has 0 aromatic carbocycles. The van der Waals surface area contributed by atoms with Crippen molar-refractivity contribution in [1.29, 1.82) is 0 Å². The quantitative estimate of drug-likeness (QED) is 0.821. The molecule has 0 aliphatic carbocycles. The lowest BCUT2D eigenvalue weighted by Crippen LogP contribution is -2.49. The molecule has 21 heavy (non-hydrogen) atoms. The van der Waals surface area contributed by atoms with Crippen LogP contribution in [-0.2, 0) is 4.74 Å². The summed E-state index contributed by atoms with van der Waals surface area (Å²) < 4.78 is 5.34. The predicted octanol–water partition coefficient (Wildman–Crippen LogP) is 2.86. The minimum absolute atomic E-state index is 0.122. The summed E-state index contributed by atoms with van der Waals surface area (Å²) in [5.41, 5.74) is 0.309. The van der Waals surface area contributed by atoms with Crippen molar-refractivity contribution >= 4 is 23.3 Å². The number of rotatable bonds is 5. The number of hydrogen-bond acceptors (Lipinski definition) is 4. The topological polar surface area (TPSA) is 63.2 Å². The molecule has 2 rings (SSSR count). The van der Waals surface area contributed by atoms with Crippen LogP contribution in [0.2, 0.25) is 5.15 Å². The first-order chi connectivity index (χ1) is 10.0. The Morgan fingerprint density at radius 1 is 1.43 bits per heavy atom. The van der Waals surface area contributed by atoms with E-state index >= 15 is 0 Å². The lowest BCUT2D eigenvalue weighted by molar-refractivity contribution is 0.0423. The SMILES string of the molecule is CCCNc1cc(C(=O)NC2(C)CCOCC2)cc(Cl)n1. The molecule has 1 fully saturated rings. The summed E-state index contributed by atoms with van der Waals surface area (Å²) >= 11 is 6.00. The first-order valence-corrected chi connectivity index (χ1v) is 7.72. The molecule has 2 N–H and O–H groups in total. The number of carbonyl (C=O) groups excluding carboxylic acids is 1. The van der Waals surface area contributed by atoms with E-state index in [1.54, 1.807) is 12.1 Å². The molecule has 1 saturated heterocycles. The molecule has 1 amide bonds. The molecule has 1 aromatic rings. The zero-order valence-electron chi connectivity index (χ0n) is 12.5. The van der Waals surface area contributed by atoms with Gasteiger partial charge in [0.2, 0.25) is 0 Å². The van der Waals surface area contributed by atoms with Crippen LogP contribution in [0.3, 0.4) is 0 Å². The van der Waals surface area contributed by atoms with Crippen LogP contribution >= 0.6 is 11.6 Å². The fraction of sp³-hybridized carbons (Fsp3) is 0.600. The van der Waals surface area contributed by atoms with Gasteiger partial charge in [0.05, 0.1) is 0 Å². The van der Waals surface area contributed by atoms with Gasteiger partial charge in [-0.2, -0.15) is 0 Å². The molecule has 0 saturated carbocycles. The lowest BCUT2D eigenvalue weighted by atomic mass is 9.92. The molecule has 116 valence electrons. The average Bonchev–Trinajstić information content (AvgIpc) is 2.45. The molecule has 0 radical (unpaired) electrons. The summed E-state index contributed by atoms with van der Waals surface area (Å²) in [5.74, 6) is 0.509. The minimum atomic E-state index is -0.220. The fourth-order valence-electron chi connectivity index (χ4n) is 2.26. The van der Waals surface area contributed by atoms with Crippen molar-refractivity contribution in [2.75, 3.05) is 25.1 Å². The summed E-state index contributed by atoms with van der Waals surface area (Å²) in [6.45, 7) is 6.27. The molecule has 0 unspecified atom stereocenters. The molecule has 0 atom stereocenters. The molecule has 1 aliphatic rings. The molecule has 0 spiro atoms. The third-order valence-corrected chi connectivity index (χ3v) is 3.82. The highest BCUT2D eigenvalue weighted by Gasteiger charge is 2.29. The summed E-state index contributed by atoms with van der Waals surface area (Å²) in [4.78, 5) is 16.6. The fourth-order valence-corrected chi connectivity index (χ4v) is 2.47. The number of aromatic nitrogens is 1. The summed E-state index contributed by atoms with van der Waals surface area (Å²) in [5, 5.41) is 6.55. The van der Waals surface area contributed by atoms with Gasteiger partial charge in [-0.3, -0.25) is 4.79 Å². The Labute approximate surface area is 130 Å². The maximum absolute atomic E-state index is 12.4. The Morgan fingerprint density at radius 3 is 2.81 bits per heavy atom. The number of ether oxygens (including phenoxy) is 1. The first-order valence-electron chi connectivity index (χ1n) is 7.34. The van der Waals surface area contributed by atoms with Crippen LogP contribution < -0.4 is 10.6 Å². The first kappa shape index (κ1) is 16.0. The van der Waals surface area contributed by atoms with Crippen LogP contribution in [0.25, 0.3) is 0 Å². The van der Waals surface area contributed by atoms with Gasteiger partial charge in [0, 0.05) is 30.9 Å². The van der Waals surface area contributed by atoms with Gasteiger partial charge in [-0.25, -0.2) is 4.98 Å². The maximum Gasteiger partial charge on any atom is 0.251 e. The summed E-state index contributed by atoms with van der Waals surface area (Å²) in [6, 6.07) is 3.33. The number of nitrogens with one attached hydrogen (secondary N) is 2. The number of amides is 1. The Morgan fingerprint density at radius 2 is 2.14 bits per heavy atom. The van der Waals surface area contributed by atoms with Crippen molar-refractivity contribution in [2.45, 2.75) is 38.6 Å². The standard InChI is InChI=1S/C15H22ClN3O2/c1-3-6-17-13-10-11(9-12(16)18-13)14(20)19-15(2)4-7-21-8-5-15/h9-10H,3-8H2,1-2H3,(H,17,18)(H,19,20). The van der Waals surface area contributed by atoms with Gasteiger partial charge in [0.1, 0.15) is 11.0 Å². The lowest BCUT2D eigenvalue weighted by Gasteiger charge is -2.34. The third-order valence-electron chi connectivity index (χ3n) is 3.62. The number of hydrogen-bond donors (Lipinski definition) is 2. The van der Waals surface area contributed by atoms with Gasteiger partial charge in [-0.1, -0.05) is 18.5 Å². The zero-order chi connectivity index (χ0) is 15.3. The van der Waals surface area contributed by atoms with Crippen LogP contribution in [0.1, 0.15) is 43.5 Å². The number of carbonyl (C=O) groups is 1. The molecule has 6 heteroatoms. The van der Waals surface area contributed by atoms with Crippen molar-refractivity contribution in [3.05, 3.63) is 22.8 Å². The number of pyridine rings is 1. The largest absolute Gasteiger partial charge is 0.381 e. The van der Waals surface area contributed by atoms with Crippen molar-refractivity contribution in [3.63, 3.8) is 0 Å². The van der Waals surface area contributed by atoms with E-state index in [2.05, 4.69) is 22.5 Å². The highest BCUT2D eigenvalue weighted by molar-refractivity contribution is 6.29. The maximum atomic E-state index is 12.4. The molecule has 1 aliphatic heterocycles. The Bertz CT molecular complexity index is 502. The second-order valence-electron chi connectivity index (χ2n) is 5.62. The van der Waals surface area contributed by atoms with Crippen molar-refractivity contribution in [3.8, 4) is 0 Å². The smallest absolute Gasteiger partial charge is 0.251 e. The molecular weight excluding hydrogens is 290 g/mol. The van der Waals surface area contributed by atoms with Gasteiger partial charge < -0.3 is 15.4 Å². The van der Waals surface area contributed by atoms with Gasteiger partial charge in [-0.15, -0.1) is 0 Å². The van der Waals surface area contributed by atoms with Crippen LogP contribution in [0.4, 0.5) is 5.82 Å². The molecular formula is C15H22ClN3O2. The highest BCUT2D eigenvalue weighted by atomic mass is 35.5. The summed E-state index contributed by atoms with van der Waals surface area (Å²) in [7, 11) is 0. The normalized spacial score (nSPS) is 17.3. The van der Waals surface area contributed by atoms with Crippen LogP contribution in [0.5, 0.6) is 0 Å². The predicted molar refractivity (Wildman–Crippen MR) is 84.0 cm³/mol. The molecule has 0 bridgehead atoms. The number of halogens is 1. The van der Waals surface area contributed by atoms with E-state index in [1.165, 1.54) is 0 Å². The zero-order valence-corrected chi connectivity index (χ0v) is 13.3. The number of nitrogens with zero attached hydrogens (tertiary/aromatic N) is 1.